The van der Waals surface area contributed by atoms with Crippen molar-refractivity contribution in [1.82, 2.24) is 10.2 Å². The highest BCUT2D eigenvalue weighted by molar-refractivity contribution is 5.94. The molecule has 1 aliphatic heterocycles. The van der Waals surface area contributed by atoms with Crippen LogP contribution in [0, 0.1) is 0 Å². The van der Waals surface area contributed by atoms with E-state index >= 15 is 0 Å². The van der Waals surface area contributed by atoms with Gasteiger partial charge in [0.2, 0.25) is 0 Å². The van der Waals surface area contributed by atoms with Gasteiger partial charge in [-0.2, -0.15) is 0 Å². The Morgan fingerprint density at radius 3 is 3.00 bits per heavy atom. The first-order valence-corrected chi connectivity index (χ1v) is 7.46. The van der Waals surface area contributed by atoms with Crippen molar-refractivity contribution in [2.45, 2.75) is 19.9 Å². The second-order valence-electron chi connectivity index (χ2n) is 5.18. The molecule has 0 radical (unpaired) electrons. The largest absolute Gasteiger partial charge is 0.483 e. The number of amides is 2. The third-order valence-electron chi connectivity index (χ3n) is 3.49. The standard InChI is InChI=1S/C16H22N2O4/c1-3-6-17-16(20)12-4-5-14-13(9-12)10-18(7-8-21-2)15(19)11-22-14/h4-5,9H,3,6-8,10-11H2,1-2H3,(H,17,20). The smallest absolute Gasteiger partial charge is 0.260 e. The first-order valence-electron chi connectivity index (χ1n) is 7.46. The Kier molecular flexibility index (Phi) is 5.77. The van der Waals surface area contributed by atoms with E-state index in [0.29, 0.717) is 37.6 Å². The topological polar surface area (TPSA) is 67.9 Å². The maximum absolute atomic E-state index is 12.0. The van der Waals surface area contributed by atoms with E-state index in [9.17, 15) is 9.59 Å². The molecule has 0 fully saturated rings. The molecule has 22 heavy (non-hydrogen) atoms. The van der Waals surface area contributed by atoms with Gasteiger partial charge in [-0.05, 0) is 24.6 Å². The van der Waals surface area contributed by atoms with Crippen LogP contribution in [0.4, 0.5) is 0 Å². The van der Waals surface area contributed by atoms with Crippen LogP contribution in [0.5, 0.6) is 5.75 Å². The molecule has 1 heterocycles. The molecular formula is C16H22N2O4. The molecular weight excluding hydrogens is 284 g/mol. The van der Waals surface area contributed by atoms with Gasteiger partial charge in [0.05, 0.1) is 6.61 Å². The first kappa shape index (κ1) is 16.3. The van der Waals surface area contributed by atoms with Gasteiger partial charge in [-0.1, -0.05) is 6.92 Å². The lowest BCUT2D eigenvalue weighted by Gasteiger charge is -2.19. The van der Waals surface area contributed by atoms with Gasteiger partial charge in [-0.3, -0.25) is 9.59 Å². The summed E-state index contributed by atoms with van der Waals surface area (Å²) in [5, 5.41) is 2.85. The number of nitrogens with zero attached hydrogens (tertiary/aromatic N) is 1. The maximum Gasteiger partial charge on any atom is 0.260 e. The van der Waals surface area contributed by atoms with Gasteiger partial charge in [0, 0.05) is 37.9 Å². The summed E-state index contributed by atoms with van der Waals surface area (Å²) in [6.45, 7) is 4.06. The number of carbonyl (C=O) groups excluding carboxylic acids is 2. The number of ether oxygens (including phenoxy) is 2. The van der Waals surface area contributed by atoms with Gasteiger partial charge in [0.1, 0.15) is 5.75 Å². The molecule has 1 aromatic carbocycles. The fourth-order valence-corrected chi connectivity index (χ4v) is 2.26. The minimum Gasteiger partial charge on any atom is -0.483 e. The Morgan fingerprint density at radius 2 is 2.27 bits per heavy atom. The van der Waals surface area contributed by atoms with Crippen LogP contribution in [0.1, 0.15) is 29.3 Å². The van der Waals surface area contributed by atoms with Gasteiger partial charge in [-0.25, -0.2) is 0 Å². The molecule has 6 heteroatoms. The van der Waals surface area contributed by atoms with E-state index < -0.39 is 0 Å². The summed E-state index contributed by atoms with van der Waals surface area (Å²) in [7, 11) is 1.60. The van der Waals surface area contributed by atoms with Crippen molar-refractivity contribution < 1.29 is 19.1 Å². The molecule has 0 atom stereocenters. The van der Waals surface area contributed by atoms with Crippen molar-refractivity contribution in [1.29, 1.82) is 0 Å². The number of benzene rings is 1. The van der Waals surface area contributed by atoms with E-state index in [1.807, 2.05) is 6.92 Å². The predicted octanol–water partition coefficient (Wildman–Crippen LogP) is 1.19. The summed E-state index contributed by atoms with van der Waals surface area (Å²) < 4.78 is 10.6. The summed E-state index contributed by atoms with van der Waals surface area (Å²) >= 11 is 0. The number of hydrogen-bond donors (Lipinski definition) is 1. The summed E-state index contributed by atoms with van der Waals surface area (Å²) in [5.74, 6) is 0.467. The SMILES string of the molecule is CCCNC(=O)c1ccc2c(c1)CN(CCOC)C(=O)CO2. The summed E-state index contributed by atoms with van der Waals surface area (Å²) in [6.07, 6.45) is 0.888. The number of hydrogen-bond acceptors (Lipinski definition) is 4. The van der Waals surface area contributed by atoms with Gasteiger partial charge in [0.15, 0.2) is 6.61 Å². The molecule has 1 N–H and O–H groups in total. The van der Waals surface area contributed by atoms with Crippen molar-refractivity contribution >= 4 is 11.8 Å². The average Bonchev–Trinajstić information content (AvgIpc) is 2.69. The number of methoxy groups -OCH3 is 1. The molecule has 0 bridgehead atoms. The lowest BCUT2D eigenvalue weighted by atomic mass is 10.1. The Labute approximate surface area is 130 Å². The van der Waals surface area contributed by atoms with E-state index in [2.05, 4.69) is 5.32 Å². The van der Waals surface area contributed by atoms with Crippen LogP contribution in [-0.2, 0) is 16.1 Å². The van der Waals surface area contributed by atoms with Gasteiger partial charge in [-0.15, -0.1) is 0 Å². The van der Waals surface area contributed by atoms with Crippen molar-refractivity contribution in [3.8, 4) is 5.75 Å². The Hall–Kier alpha value is -2.08. The van der Waals surface area contributed by atoms with Crippen LogP contribution in [0.2, 0.25) is 0 Å². The monoisotopic (exact) mass is 306 g/mol. The third-order valence-corrected chi connectivity index (χ3v) is 3.49. The molecule has 0 saturated carbocycles. The van der Waals surface area contributed by atoms with Crippen LogP contribution in [0.15, 0.2) is 18.2 Å². The van der Waals surface area contributed by atoms with E-state index in [4.69, 9.17) is 9.47 Å². The summed E-state index contributed by atoms with van der Waals surface area (Å²) in [4.78, 5) is 25.7. The molecule has 0 unspecified atom stereocenters. The zero-order chi connectivity index (χ0) is 15.9. The van der Waals surface area contributed by atoms with E-state index in [1.54, 1.807) is 30.2 Å². The highest BCUT2D eigenvalue weighted by Gasteiger charge is 2.22. The molecule has 120 valence electrons. The molecule has 0 saturated heterocycles. The van der Waals surface area contributed by atoms with Crippen LogP contribution < -0.4 is 10.1 Å². The lowest BCUT2D eigenvalue weighted by molar-refractivity contribution is -0.133. The zero-order valence-electron chi connectivity index (χ0n) is 13.1. The Bertz CT molecular complexity index is 545. The zero-order valence-corrected chi connectivity index (χ0v) is 13.1. The van der Waals surface area contributed by atoms with Gasteiger partial charge in [0.25, 0.3) is 11.8 Å². The predicted molar refractivity (Wildman–Crippen MR) is 81.9 cm³/mol. The molecule has 1 aliphatic rings. The number of rotatable bonds is 6. The first-order chi connectivity index (χ1) is 10.7. The summed E-state index contributed by atoms with van der Waals surface area (Å²) in [5.41, 5.74) is 1.42. The normalized spacial score (nSPS) is 14.1. The van der Waals surface area contributed by atoms with E-state index in [1.165, 1.54) is 0 Å². The number of nitrogens with one attached hydrogen (secondary N) is 1. The summed E-state index contributed by atoms with van der Waals surface area (Å²) in [6, 6.07) is 5.27. The lowest BCUT2D eigenvalue weighted by Crippen LogP contribution is -2.34. The molecule has 2 rings (SSSR count). The second-order valence-corrected chi connectivity index (χ2v) is 5.18. The minimum absolute atomic E-state index is 0.0120. The van der Waals surface area contributed by atoms with E-state index in [0.717, 1.165) is 12.0 Å². The van der Waals surface area contributed by atoms with Crippen LogP contribution in [0.25, 0.3) is 0 Å². The second kappa shape index (κ2) is 7.79. The molecule has 6 nitrogen and oxygen atoms in total. The molecule has 2 amide bonds. The number of fused-ring (bicyclic) bond motifs is 1. The number of carbonyl (C=O) groups is 2. The minimum atomic E-state index is -0.108. The molecule has 0 spiro atoms. The van der Waals surface area contributed by atoms with E-state index in [-0.39, 0.29) is 18.4 Å². The average molecular weight is 306 g/mol. The Balaban J connectivity index is 2.17. The van der Waals surface area contributed by atoms with Crippen LogP contribution in [-0.4, -0.2) is 50.1 Å². The van der Waals surface area contributed by atoms with Crippen LogP contribution in [0.3, 0.4) is 0 Å². The quantitative estimate of drug-likeness (QED) is 0.857. The van der Waals surface area contributed by atoms with Crippen molar-refractivity contribution in [3.63, 3.8) is 0 Å². The highest BCUT2D eigenvalue weighted by Crippen LogP contribution is 2.24. The Morgan fingerprint density at radius 1 is 1.45 bits per heavy atom. The molecule has 1 aromatic rings. The van der Waals surface area contributed by atoms with Crippen molar-refractivity contribution in [2.24, 2.45) is 0 Å². The maximum atomic E-state index is 12.0. The van der Waals surface area contributed by atoms with Crippen LogP contribution >= 0.6 is 0 Å². The van der Waals surface area contributed by atoms with Crippen molar-refractivity contribution in [3.05, 3.63) is 29.3 Å². The fourth-order valence-electron chi connectivity index (χ4n) is 2.26. The molecule has 0 aliphatic carbocycles. The van der Waals surface area contributed by atoms with Gasteiger partial charge < -0.3 is 19.7 Å². The van der Waals surface area contributed by atoms with Crippen molar-refractivity contribution in [2.75, 3.05) is 33.4 Å². The highest BCUT2D eigenvalue weighted by atomic mass is 16.5. The van der Waals surface area contributed by atoms with Gasteiger partial charge >= 0.3 is 0 Å². The third kappa shape index (κ3) is 3.98. The molecule has 0 aromatic heterocycles. The fraction of sp³-hybridized carbons (Fsp3) is 0.500.